The average Bonchev–Trinajstić information content (AvgIpc) is 2.89. The van der Waals surface area contributed by atoms with Crippen molar-refractivity contribution in [2.45, 2.75) is 19.9 Å². The first-order chi connectivity index (χ1) is 9.81. The van der Waals surface area contributed by atoms with Crippen molar-refractivity contribution in [1.82, 2.24) is 14.5 Å². The van der Waals surface area contributed by atoms with Gasteiger partial charge in [-0.25, -0.2) is 9.97 Å². The molecule has 2 aromatic heterocycles. The summed E-state index contributed by atoms with van der Waals surface area (Å²) in [6, 6.07) is 5.83. The minimum Gasteiger partial charge on any atom is -0.355 e. The molecular formula is C15H17N5. The predicted octanol–water partition coefficient (Wildman–Crippen LogP) is 1.85. The van der Waals surface area contributed by atoms with Gasteiger partial charge in [-0.1, -0.05) is 6.92 Å². The van der Waals surface area contributed by atoms with Crippen molar-refractivity contribution in [3.05, 3.63) is 42.1 Å². The lowest BCUT2D eigenvalue weighted by Gasteiger charge is -2.40. The molecule has 0 N–H and O–H groups in total. The Morgan fingerprint density at radius 2 is 2.20 bits per heavy atom. The molecule has 20 heavy (non-hydrogen) atoms. The number of anilines is 1. The lowest BCUT2D eigenvalue weighted by Crippen LogP contribution is -2.49. The molecule has 0 aliphatic carbocycles. The van der Waals surface area contributed by atoms with Crippen LogP contribution in [-0.4, -0.2) is 27.6 Å². The van der Waals surface area contributed by atoms with E-state index < -0.39 is 0 Å². The lowest BCUT2D eigenvalue weighted by atomic mass is 9.99. The zero-order chi connectivity index (χ0) is 13.9. The summed E-state index contributed by atoms with van der Waals surface area (Å²) >= 11 is 0. The van der Waals surface area contributed by atoms with Crippen LogP contribution in [0.1, 0.15) is 18.3 Å². The van der Waals surface area contributed by atoms with Crippen molar-refractivity contribution in [2.75, 3.05) is 18.0 Å². The van der Waals surface area contributed by atoms with Crippen LogP contribution in [0, 0.1) is 17.2 Å². The number of nitriles is 1. The van der Waals surface area contributed by atoms with Crippen molar-refractivity contribution in [3.8, 4) is 6.07 Å². The quantitative estimate of drug-likeness (QED) is 0.848. The summed E-state index contributed by atoms with van der Waals surface area (Å²) < 4.78 is 2.23. The van der Waals surface area contributed by atoms with E-state index in [0.29, 0.717) is 11.5 Å². The molecule has 0 unspecified atom stereocenters. The molecule has 5 nitrogen and oxygen atoms in total. The van der Waals surface area contributed by atoms with Gasteiger partial charge >= 0.3 is 0 Å². The molecule has 1 fully saturated rings. The van der Waals surface area contributed by atoms with E-state index in [0.717, 1.165) is 37.7 Å². The number of aryl methyl sites for hydroxylation is 1. The third-order valence-electron chi connectivity index (χ3n) is 3.74. The van der Waals surface area contributed by atoms with Crippen molar-refractivity contribution in [1.29, 1.82) is 5.26 Å². The molecule has 0 saturated carbocycles. The van der Waals surface area contributed by atoms with Gasteiger partial charge in [-0.05, 0) is 12.1 Å². The molecule has 0 amide bonds. The summed E-state index contributed by atoms with van der Waals surface area (Å²) in [6.45, 7) is 5.02. The Bertz CT molecular complexity index is 634. The fourth-order valence-corrected chi connectivity index (χ4v) is 2.69. The number of rotatable bonds is 4. The van der Waals surface area contributed by atoms with Crippen molar-refractivity contribution < 1.29 is 0 Å². The van der Waals surface area contributed by atoms with Crippen LogP contribution in [0.4, 0.5) is 5.82 Å². The van der Waals surface area contributed by atoms with Crippen LogP contribution in [-0.2, 0) is 13.0 Å². The van der Waals surface area contributed by atoms with Gasteiger partial charge in [-0.3, -0.25) is 0 Å². The molecule has 0 spiro atoms. The number of nitrogens with zero attached hydrogens (tertiary/aromatic N) is 5. The largest absolute Gasteiger partial charge is 0.355 e. The van der Waals surface area contributed by atoms with Crippen LogP contribution in [0.2, 0.25) is 0 Å². The minimum absolute atomic E-state index is 0.600. The van der Waals surface area contributed by atoms with E-state index in [-0.39, 0.29) is 0 Å². The fraction of sp³-hybridized carbons (Fsp3) is 0.400. The summed E-state index contributed by atoms with van der Waals surface area (Å²) in [7, 11) is 0. The second-order valence-corrected chi connectivity index (χ2v) is 5.11. The fourth-order valence-electron chi connectivity index (χ4n) is 2.69. The van der Waals surface area contributed by atoms with Gasteiger partial charge < -0.3 is 9.47 Å². The van der Waals surface area contributed by atoms with E-state index in [4.69, 9.17) is 5.26 Å². The molecule has 2 aromatic rings. The third kappa shape index (κ3) is 2.25. The maximum absolute atomic E-state index is 9.10. The highest BCUT2D eigenvalue weighted by Gasteiger charge is 2.29. The van der Waals surface area contributed by atoms with Gasteiger partial charge in [0.05, 0.1) is 5.56 Å². The molecule has 0 aromatic carbocycles. The summed E-state index contributed by atoms with van der Waals surface area (Å²) in [5.41, 5.74) is 0.655. The van der Waals surface area contributed by atoms with Crippen LogP contribution < -0.4 is 4.90 Å². The first kappa shape index (κ1) is 12.7. The third-order valence-corrected chi connectivity index (χ3v) is 3.74. The number of pyridine rings is 1. The lowest BCUT2D eigenvalue weighted by molar-refractivity contribution is 0.351. The molecule has 5 heteroatoms. The molecule has 1 aliphatic heterocycles. The van der Waals surface area contributed by atoms with Crippen LogP contribution in [0.25, 0.3) is 0 Å². The summed E-state index contributed by atoms with van der Waals surface area (Å²) in [4.78, 5) is 10.8. The van der Waals surface area contributed by atoms with Gasteiger partial charge in [0.25, 0.3) is 0 Å². The number of imidazole rings is 1. The first-order valence-electron chi connectivity index (χ1n) is 6.92. The second-order valence-electron chi connectivity index (χ2n) is 5.11. The number of aromatic nitrogens is 3. The Hall–Kier alpha value is -2.35. The van der Waals surface area contributed by atoms with Crippen LogP contribution >= 0.6 is 0 Å². The Morgan fingerprint density at radius 1 is 1.35 bits per heavy atom. The maximum atomic E-state index is 9.10. The van der Waals surface area contributed by atoms with Gasteiger partial charge in [0, 0.05) is 50.6 Å². The molecule has 0 bridgehead atoms. The molecular weight excluding hydrogens is 250 g/mol. The Morgan fingerprint density at radius 3 is 2.95 bits per heavy atom. The van der Waals surface area contributed by atoms with E-state index in [9.17, 15) is 0 Å². The zero-order valence-electron chi connectivity index (χ0n) is 11.5. The van der Waals surface area contributed by atoms with Gasteiger partial charge in [0.2, 0.25) is 0 Å². The Kier molecular flexibility index (Phi) is 3.38. The topological polar surface area (TPSA) is 57.7 Å². The van der Waals surface area contributed by atoms with Gasteiger partial charge in [-0.15, -0.1) is 0 Å². The summed E-state index contributed by atoms with van der Waals surface area (Å²) in [5, 5.41) is 9.10. The predicted molar refractivity (Wildman–Crippen MR) is 76.3 cm³/mol. The minimum atomic E-state index is 0.600. The molecule has 3 heterocycles. The molecule has 0 radical (unpaired) electrons. The van der Waals surface area contributed by atoms with Gasteiger partial charge in [0.15, 0.2) is 0 Å². The van der Waals surface area contributed by atoms with E-state index in [1.54, 1.807) is 12.3 Å². The van der Waals surface area contributed by atoms with E-state index >= 15 is 0 Å². The van der Waals surface area contributed by atoms with Crippen LogP contribution in [0.15, 0.2) is 30.7 Å². The van der Waals surface area contributed by atoms with E-state index in [2.05, 4.69) is 32.4 Å². The molecule has 102 valence electrons. The standard InChI is InChI=1S/C15H17N5/c1-2-14-17-6-7-19(14)9-12-10-20(11-12)15-13(8-16)4-3-5-18-15/h3-7,12H,2,9-11H2,1H3. The van der Waals surface area contributed by atoms with E-state index in [1.807, 2.05) is 18.5 Å². The molecule has 1 aliphatic rings. The molecule has 3 rings (SSSR count). The van der Waals surface area contributed by atoms with Gasteiger partial charge in [0.1, 0.15) is 17.7 Å². The highest BCUT2D eigenvalue weighted by atomic mass is 15.2. The number of hydrogen-bond acceptors (Lipinski definition) is 4. The molecule has 0 atom stereocenters. The molecule has 1 saturated heterocycles. The van der Waals surface area contributed by atoms with Crippen molar-refractivity contribution >= 4 is 5.82 Å². The summed E-state index contributed by atoms with van der Waals surface area (Å²) in [6.07, 6.45) is 6.61. The highest BCUT2D eigenvalue weighted by molar-refractivity contribution is 5.55. The number of hydrogen-bond donors (Lipinski definition) is 0. The Labute approximate surface area is 118 Å². The first-order valence-corrected chi connectivity index (χ1v) is 6.92. The monoisotopic (exact) mass is 267 g/mol. The van der Waals surface area contributed by atoms with Crippen LogP contribution in [0.3, 0.4) is 0 Å². The van der Waals surface area contributed by atoms with Crippen molar-refractivity contribution in [2.24, 2.45) is 5.92 Å². The van der Waals surface area contributed by atoms with Crippen molar-refractivity contribution in [3.63, 3.8) is 0 Å². The Balaban J connectivity index is 1.63. The smallest absolute Gasteiger partial charge is 0.146 e. The zero-order valence-corrected chi connectivity index (χ0v) is 11.5. The normalized spacial score (nSPS) is 14.9. The average molecular weight is 267 g/mol. The van der Waals surface area contributed by atoms with Gasteiger partial charge in [-0.2, -0.15) is 5.26 Å². The summed E-state index contributed by atoms with van der Waals surface area (Å²) in [5.74, 6) is 2.55. The van der Waals surface area contributed by atoms with E-state index in [1.165, 1.54) is 0 Å². The highest BCUT2D eigenvalue weighted by Crippen LogP contribution is 2.26. The van der Waals surface area contributed by atoms with Crippen LogP contribution in [0.5, 0.6) is 0 Å². The SMILES string of the molecule is CCc1nccn1CC1CN(c2ncccc2C#N)C1. The maximum Gasteiger partial charge on any atom is 0.146 e. The second kappa shape index (κ2) is 5.33.